The zero-order chi connectivity index (χ0) is 23.2. The van der Waals surface area contributed by atoms with Gasteiger partial charge in [-0.2, -0.15) is 14.6 Å². The molecule has 4 amide bonds. The van der Waals surface area contributed by atoms with Gasteiger partial charge in [0.1, 0.15) is 11.5 Å². The summed E-state index contributed by atoms with van der Waals surface area (Å²) in [6, 6.07) is 0.0561. The van der Waals surface area contributed by atoms with E-state index >= 15 is 0 Å². The second-order valence-corrected chi connectivity index (χ2v) is 10.2. The Balaban J connectivity index is 1.28. The molecule has 2 aromatic rings. The third kappa shape index (κ3) is 4.13. The van der Waals surface area contributed by atoms with Crippen LogP contribution in [0.4, 0.5) is 10.7 Å². The number of urea groups is 1. The molecular weight excluding hydrogens is 456 g/mol. The molecule has 2 aliphatic heterocycles. The highest BCUT2D eigenvalue weighted by Crippen LogP contribution is 2.43. The standard InChI is InChI=1S/C22H24N8O3S/c31-19-14(26-22(33)29-19)9-11-10-23-30-18(11)27-17(28-21(30)25-13-5-6-13)15-7-8-16(34-15)20(32)24-12-3-1-2-4-12/h8-10,12-13,15H,1-7H2,(H,24,32)(H,25,27,28)(H2,26,29,31,33)/b14-9-. The van der Waals surface area contributed by atoms with E-state index in [1.54, 1.807) is 16.8 Å². The Bertz CT molecular complexity index is 1260. The number of hydrogen-bond donors (Lipinski definition) is 4. The van der Waals surface area contributed by atoms with Crippen LogP contribution in [0, 0.1) is 0 Å². The molecule has 1 atom stereocenters. The second kappa shape index (κ2) is 8.42. The van der Waals surface area contributed by atoms with E-state index in [0.717, 1.165) is 25.7 Å². The molecule has 6 rings (SSSR count). The molecule has 1 saturated heterocycles. The van der Waals surface area contributed by atoms with E-state index in [1.165, 1.54) is 24.6 Å². The average Bonchev–Trinajstić information content (AvgIpc) is 3.24. The predicted molar refractivity (Wildman–Crippen MR) is 126 cm³/mol. The summed E-state index contributed by atoms with van der Waals surface area (Å²) in [5, 5.41) is 15.5. The maximum Gasteiger partial charge on any atom is 0.326 e. The van der Waals surface area contributed by atoms with Gasteiger partial charge in [-0.15, -0.1) is 11.8 Å². The largest absolute Gasteiger partial charge is 0.351 e. The number of anilines is 1. The van der Waals surface area contributed by atoms with Crippen molar-refractivity contribution in [3.8, 4) is 0 Å². The van der Waals surface area contributed by atoms with Crippen LogP contribution in [0.5, 0.6) is 0 Å². The summed E-state index contributed by atoms with van der Waals surface area (Å²) in [6.07, 6.45) is 12.3. The number of carbonyl (C=O) groups excluding carboxylic acids is 3. The molecule has 12 heteroatoms. The van der Waals surface area contributed by atoms with Gasteiger partial charge in [-0.3, -0.25) is 14.9 Å². The van der Waals surface area contributed by atoms with Crippen LogP contribution < -0.4 is 21.3 Å². The number of nitrogens with zero attached hydrogens (tertiary/aromatic N) is 4. The van der Waals surface area contributed by atoms with Gasteiger partial charge in [-0.1, -0.05) is 18.9 Å². The average molecular weight is 481 g/mol. The molecule has 0 radical (unpaired) electrons. The minimum Gasteiger partial charge on any atom is -0.351 e. The summed E-state index contributed by atoms with van der Waals surface area (Å²) in [5.74, 6) is 0.662. The first-order chi connectivity index (χ1) is 16.5. The molecule has 2 aromatic heterocycles. The van der Waals surface area contributed by atoms with Crippen molar-refractivity contribution in [2.75, 3.05) is 5.32 Å². The topological polar surface area (TPSA) is 142 Å². The van der Waals surface area contributed by atoms with Gasteiger partial charge in [-0.25, -0.2) is 9.78 Å². The Kier molecular flexibility index (Phi) is 5.24. The Hall–Kier alpha value is -3.41. The van der Waals surface area contributed by atoms with Crippen molar-refractivity contribution in [1.82, 2.24) is 35.5 Å². The van der Waals surface area contributed by atoms with Crippen molar-refractivity contribution in [3.05, 3.63) is 34.3 Å². The van der Waals surface area contributed by atoms with E-state index in [-0.39, 0.29) is 22.9 Å². The van der Waals surface area contributed by atoms with E-state index in [0.29, 0.717) is 40.4 Å². The molecule has 2 aliphatic carbocycles. The molecule has 176 valence electrons. The Morgan fingerprint density at radius 1 is 1.12 bits per heavy atom. The van der Waals surface area contributed by atoms with Crippen LogP contribution in [0.25, 0.3) is 11.7 Å². The number of carbonyl (C=O) groups is 3. The highest BCUT2D eigenvalue weighted by Gasteiger charge is 2.31. The lowest BCUT2D eigenvalue weighted by atomic mass is 10.2. The fourth-order valence-corrected chi connectivity index (χ4v) is 5.46. The summed E-state index contributed by atoms with van der Waals surface area (Å²) in [7, 11) is 0. The normalized spacial score (nSPS) is 23.9. The van der Waals surface area contributed by atoms with E-state index in [4.69, 9.17) is 9.97 Å². The lowest BCUT2D eigenvalue weighted by Gasteiger charge is -2.14. The number of nitrogens with one attached hydrogen (secondary N) is 4. The van der Waals surface area contributed by atoms with Crippen LogP contribution >= 0.6 is 11.8 Å². The van der Waals surface area contributed by atoms with Crippen molar-refractivity contribution >= 4 is 47.3 Å². The van der Waals surface area contributed by atoms with E-state index in [2.05, 4.69) is 26.4 Å². The third-order valence-electron chi connectivity index (χ3n) is 6.33. The lowest BCUT2D eigenvalue weighted by Crippen LogP contribution is -2.32. The van der Waals surface area contributed by atoms with Gasteiger partial charge in [0.2, 0.25) is 5.95 Å². The quantitative estimate of drug-likeness (QED) is 0.363. The minimum atomic E-state index is -0.559. The van der Waals surface area contributed by atoms with Crippen molar-refractivity contribution in [3.63, 3.8) is 0 Å². The number of hydrogen-bond acceptors (Lipinski definition) is 8. The smallest absolute Gasteiger partial charge is 0.326 e. The molecule has 1 unspecified atom stereocenters. The monoisotopic (exact) mass is 480 g/mol. The fourth-order valence-electron chi connectivity index (χ4n) is 4.39. The van der Waals surface area contributed by atoms with Gasteiger partial charge in [-0.05, 0) is 38.2 Å². The molecule has 4 N–H and O–H groups in total. The maximum absolute atomic E-state index is 12.7. The SMILES string of the molecule is O=C1NC(=O)/C(=C/c2cnn3c(NC4CC4)nc(C4CC=C(C(=O)NC5CCCC5)S4)nc23)N1. The number of allylic oxidation sites excluding steroid dienone is 1. The summed E-state index contributed by atoms with van der Waals surface area (Å²) in [4.78, 5) is 46.4. The third-order valence-corrected chi connectivity index (χ3v) is 7.63. The highest BCUT2D eigenvalue weighted by atomic mass is 32.2. The first-order valence-electron chi connectivity index (χ1n) is 11.6. The van der Waals surface area contributed by atoms with Crippen LogP contribution in [0.15, 0.2) is 22.9 Å². The van der Waals surface area contributed by atoms with Crippen LogP contribution in [0.3, 0.4) is 0 Å². The van der Waals surface area contributed by atoms with Crippen LogP contribution in [0.1, 0.15) is 61.6 Å². The molecule has 34 heavy (non-hydrogen) atoms. The molecule has 2 saturated carbocycles. The summed E-state index contributed by atoms with van der Waals surface area (Å²) >= 11 is 1.48. The molecule has 4 aliphatic rings. The van der Waals surface area contributed by atoms with Gasteiger partial charge in [0.25, 0.3) is 11.8 Å². The molecule has 0 aromatic carbocycles. The molecular formula is C22H24N8O3S. The molecule has 0 spiro atoms. The van der Waals surface area contributed by atoms with Gasteiger partial charge < -0.3 is 16.0 Å². The number of thioether (sulfide) groups is 1. The minimum absolute atomic E-state index is 0.0189. The maximum atomic E-state index is 12.7. The molecule has 4 heterocycles. The molecule has 11 nitrogen and oxygen atoms in total. The molecule has 0 bridgehead atoms. The fraction of sp³-hybridized carbons (Fsp3) is 0.455. The zero-order valence-corrected chi connectivity index (χ0v) is 19.2. The first-order valence-corrected chi connectivity index (χ1v) is 12.5. The number of fused-ring (bicyclic) bond motifs is 1. The second-order valence-electron chi connectivity index (χ2n) is 8.99. The van der Waals surface area contributed by atoms with Gasteiger partial charge in [0.05, 0.1) is 16.4 Å². The number of aromatic nitrogens is 4. The number of rotatable bonds is 6. The lowest BCUT2D eigenvalue weighted by molar-refractivity contribution is -0.117. The van der Waals surface area contributed by atoms with Crippen molar-refractivity contribution < 1.29 is 14.4 Å². The number of imide groups is 1. The first kappa shape index (κ1) is 21.1. The highest BCUT2D eigenvalue weighted by molar-refractivity contribution is 8.04. The van der Waals surface area contributed by atoms with Crippen molar-refractivity contribution in [2.24, 2.45) is 0 Å². The van der Waals surface area contributed by atoms with Crippen molar-refractivity contribution in [2.45, 2.75) is 62.3 Å². The van der Waals surface area contributed by atoms with Gasteiger partial charge in [0.15, 0.2) is 5.65 Å². The summed E-state index contributed by atoms with van der Waals surface area (Å²) < 4.78 is 1.61. The van der Waals surface area contributed by atoms with Crippen molar-refractivity contribution in [1.29, 1.82) is 0 Å². The van der Waals surface area contributed by atoms with E-state index in [1.807, 2.05) is 6.08 Å². The zero-order valence-electron chi connectivity index (χ0n) is 18.3. The summed E-state index contributed by atoms with van der Waals surface area (Å²) in [5.41, 5.74) is 1.25. The van der Waals surface area contributed by atoms with Gasteiger partial charge in [0, 0.05) is 17.6 Å². The Labute approximate surface area is 199 Å². The number of amides is 4. The Morgan fingerprint density at radius 3 is 2.68 bits per heavy atom. The van der Waals surface area contributed by atoms with Crippen LogP contribution in [-0.4, -0.2) is 49.5 Å². The van der Waals surface area contributed by atoms with Gasteiger partial charge >= 0.3 is 6.03 Å². The van der Waals surface area contributed by atoms with E-state index < -0.39 is 11.9 Å². The Morgan fingerprint density at radius 2 is 1.94 bits per heavy atom. The summed E-state index contributed by atoms with van der Waals surface area (Å²) in [6.45, 7) is 0. The van der Waals surface area contributed by atoms with Crippen LogP contribution in [-0.2, 0) is 9.59 Å². The predicted octanol–water partition coefficient (Wildman–Crippen LogP) is 2.00. The van der Waals surface area contributed by atoms with E-state index in [9.17, 15) is 14.4 Å². The van der Waals surface area contributed by atoms with Crippen LogP contribution in [0.2, 0.25) is 0 Å². The molecule has 3 fully saturated rings.